The van der Waals surface area contributed by atoms with Crippen LogP contribution in [0, 0.1) is 0 Å². The number of para-hydroxylation sites is 1. The van der Waals surface area contributed by atoms with Gasteiger partial charge >= 0.3 is 6.09 Å². The van der Waals surface area contributed by atoms with Gasteiger partial charge in [0.05, 0.1) is 12.5 Å². The molecule has 136 valence electrons. The molecule has 7 nitrogen and oxygen atoms in total. The molecule has 0 unspecified atom stereocenters. The maximum absolute atomic E-state index is 12.5. The minimum atomic E-state index is -1.13. The first-order chi connectivity index (χ1) is 12.5. The minimum absolute atomic E-state index is 0.300. The first-order valence-corrected chi connectivity index (χ1v) is 8.12. The lowest BCUT2D eigenvalue weighted by Crippen LogP contribution is -2.49. The molecule has 2 aromatic rings. The second-order valence-electron chi connectivity index (χ2n) is 5.71. The molecule has 0 bridgehead atoms. The Bertz CT molecular complexity index is 750. The molecule has 7 heteroatoms. The third-order valence-corrected chi connectivity index (χ3v) is 3.63. The smallest absolute Gasteiger partial charge is 0.410 e. The van der Waals surface area contributed by atoms with E-state index in [0.717, 1.165) is 5.56 Å². The predicted octanol–water partition coefficient (Wildman–Crippen LogP) is 1.90. The van der Waals surface area contributed by atoms with Crippen LogP contribution in [0.4, 0.5) is 4.79 Å². The first kappa shape index (κ1) is 19.0. The molecule has 0 saturated heterocycles. The summed E-state index contributed by atoms with van der Waals surface area (Å²) in [7, 11) is 0. The van der Waals surface area contributed by atoms with Crippen LogP contribution in [0.1, 0.15) is 24.9 Å². The lowest BCUT2D eigenvalue weighted by molar-refractivity contribution is -0.127. The van der Waals surface area contributed by atoms with Gasteiger partial charge in [0.1, 0.15) is 11.8 Å². The Morgan fingerprint density at radius 1 is 0.962 bits per heavy atom. The molecule has 2 atom stereocenters. The quantitative estimate of drug-likeness (QED) is 0.704. The van der Waals surface area contributed by atoms with Crippen LogP contribution in [0.25, 0.3) is 0 Å². The number of primary amides is 1. The van der Waals surface area contributed by atoms with Crippen LogP contribution in [0.2, 0.25) is 0 Å². The Morgan fingerprint density at radius 2 is 1.54 bits per heavy atom. The summed E-state index contributed by atoms with van der Waals surface area (Å²) < 4.78 is 5.08. The van der Waals surface area contributed by atoms with Crippen molar-refractivity contribution in [3.05, 3.63) is 66.2 Å². The van der Waals surface area contributed by atoms with Crippen LogP contribution in [-0.2, 0) is 9.59 Å². The molecule has 3 amide bonds. The summed E-state index contributed by atoms with van der Waals surface area (Å²) in [5.74, 6) is -0.913. The third-order valence-electron chi connectivity index (χ3n) is 3.63. The van der Waals surface area contributed by atoms with Crippen LogP contribution in [0.3, 0.4) is 0 Å². The van der Waals surface area contributed by atoms with Crippen molar-refractivity contribution in [2.75, 3.05) is 0 Å². The maximum atomic E-state index is 12.5. The zero-order valence-corrected chi connectivity index (χ0v) is 14.3. The molecule has 0 aliphatic carbocycles. The van der Waals surface area contributed by atoms with Crippen molar-refractivity contribution in [2.24, 2.45) is 5.73 Å². The number of nitrogens with one attached hydrogen (secondary N) is 2. The number of rotatable bonds is 7. The largest absolute Gasteiger partial charge is 0.413 e. The fourth-order valence-electron chi connectivity index (χ4n) is 2.32. The Balaban J connectivity index is 2.00. The molecule has 0 aliphatic heterocycles. The number of hydrogen-bond acceptors (Lipinski definition) is 4. The molecule has 0 aromatic heterocycles. The zero-order chi connectivity index (χ0) is 18.9. The number of ether oxygens (including phenoxy) is 1. The molecule has 0 saturated carbocycles. The predicted molar refractivity (Wildman–Crippen MR) is 96.2 cm³/mol. The van der Waals surface area contributed by atoms with Crippen molar-refractivity contribution in [3.8, 4) is 5.75 Å². The average Bonchev–Trinajstić information content (AvgIpc) is 2.62. The van der Waals surface area contributed by atoms with Crippen molar-refractivity contribution >= 4 is 17.9 Å². The van der Waals surface area contributed by atoms with Crippen molar-refractivity contribution in [1.29, 1.82) is 0 Å². The highest BCUT2D eigenvalue weighted by Crippen LogP contribution is 2.12. The van der Waals surface area contributed by atoms with Crippen molar-refractivity contribution in [2.45, 2.75) is 25.4 Å². The van der Waals surface area contributed by atoms with Crippen molar-refractivity contribution in [1.82, 2.24) is 10.6 Å². The minimum Gasteiger partial charge on any atom is -0.410 e. The topological polar surface area (TPSA) is 111 Å². The number of hydrogen-bond donors (Lipinski definition) is 3. The van der Waals surface area contributed by atoms with Gasteiger partial charge in [-0.2, -0.15) is 0 Å². The van der Waals surface area contributed by atoms with Gasteiger partial charge in [-0.1, -0.05) is 48.5 Å². The fourth-order valence-corrected chi connectivity index (χ4v) is 2.32. The summed E-state index contributed by atoms with van der Waals surface area (Å²) >= 11 is 0. The molecule has 2 rings (SSSR count). The molecule has 0 aliphatic rings. The Labute approximate surface area is 151 Å². The summed E-state index contributed by atoms with van der Waals surface area (Å²) in [6.45, 7) is 1.80. The van der Waals surface area contributed by atoms with Gasteiger partial charge in [0, 0.05) is 0 Å². The van der Waals surface area contributed by atoms with Gasteiger partial charge in [-0.3, -0.25) is 9.59 Å². The van der Waals surface area contributed by atoms with Gasteiger partial charge in [0.25, 0.3) is 0 Å². The Morgan fingerprint density at radius 3 is 2.12 bits per heavy atom. The van der Waals surface area contributed by atoms with E-state index >= 15 is 0 Å². The SMILES string of the molecule is C[C@H](NC(=O)[C@@H](CC(N)=O)NC(=O)Oc1ccccc1)c1ccccc1. The molecule has 2 aromatic carbocycles. The first-order valence-electron chi connectivity index (χ1n) is 8.12. The molecule has 26 heavy (non-hydrogen) atoms. The number of amides is 3. The normalized spacial score (nSPS) is 12.5. The van der Waals surface area contributed by atoms with E-state index in [4.69, 9.17) is 10.5 Å². The second kappa shape index (κ2) is 9.22. The van der Waals surface area contributed by atoms with E-state index in [-0.39, 0.29) is 12.5 Å². The Kier molecular flexibility index (Phi) is 6.73. The molecular weight excluding hydrogens is 334 g/mol. The standard InChI is InChI=1S/C19H21N3O4/c1-13(14-8-4-2-5-9-14)21-18(24)16(12-17(20)23)22-19(25)26-15-10-6-3-7-11-15/h2-11,13,16H,12H2,1H3,(H2,20,23)(H,21,24)(H,22,25)/t13-,16+/m0/s1. The van der Waals surface area contributed by atoms with Crippen molar-refractivity contribution < 1.29 is 19.1 Å². The summed E-state index contributed by atoms with van der Waals surface area (Å²) in [6, 6.07) is 16.3. The van der Waals surface area contributed by atoms with Crippen LogP contribution in [-0.4, -0.2) is 23.9 Å². The second-order valence-corrected chi connectivity index (χ2v) is 5.71. The van der Waals surface area contributed by atoms with Crippen LogP contribution in [0.15, 0.2) is 60.7 Å². The molecule has 4 N–H and O–H groups in total. The molecular formula is C19H21N3O4. The van der Waals surface area contributed by atoms with Crippen molar-refractivity contribution in [3.63, 3.8) is 0 Å². The number of carbonyl (C=O) groups is 3. The Hall–Kier alpha value is -3.35. The van der Waals surface area contributed by atoms with Gasteiger partial charge in [0.2, 0.25) is 11.8 Å². The van der Waals surface area contributed by atoms with E-state index in [1.54, 1.807) is 37.3 Å². The van der Waals surface area contributed by atoms with Gasteiger partial charge in [-0.15, -0.1) is 0 Å². The maximum Gasteiger partial charge on any atom is 0.413 e. The van der Waals surface area contributed by atoms with Gasteiger partial charge in [0.15, 0.2) is 0 Å². The fraction of sp³-hybridized carbons (Fsp3) is 0.211. The van der Waals surface area contributed by atoms with Crippen LogP contribution < -0.4 is 21.1 Å². The third kappa shape index (κ3) is 5.94. The summed E-state index contributed by atoms with van der Waals surface area (Å²) in [5, 5.41) is 5.13. The van der Waals surface area contributed by atoms with Gasteiger partial charge in [-0.05, 0) is 24.6 Å². The highest BCUT2D eigenvalue weighted by molar-refractivity contribution is 5.90. The highest BCUT2D eigenvalue weighted by Gasteiger charge is 2.25. The van der Waals surface area contributed by atoms with Gasteiger partial charge < -0.3 is 21.1 Å². The van der Waals surface area contributed by atoms with Crippen LogP contribution >= 0.6 is 0 Å². The number of nitrogens with two attached hydrogens (primary N) is 1. The molecule has 0 radical (unpaired) electrons. The summed E-state index contributed by atoms with van der Waals surface area (Å²) in [4.78, 5) is 35.7. The van der Waals surface area contributed by atoms with E-state index in [9.17, 15) is 14.4 Å². The zero-order valence-electron chi connectivity index (χ0n) is 14.3. The van der Waals surface area contributed by atoms with E-state index in [1.165, 1.54) is 0 Å². The van der Waals surface area contributed by atoms with Crippen LogP contribution in [0.5, 0.6) is 5.75 Å². The highest BCUT2D eigenvalue weighted by atomic mass is 16.6. The van der Waals surface area contributed by atoms with E-state index in [2.05, 4.69) is 10.6 Å². The molecule has 0 fully saturated rings. The van der Waals surface area contributed by atoms with Gasteiger partial charge in [-0.25, -0.2) is 4.79 Å². The summed E-state index contributed by atoms with van der Waals surface area (Å²) in [5.41, 5.74) is 6.08. The lowest BCUT2D eigenvalue weighted by atomic mass is 10.1. The molecule has 0 spiro atoms. The lowest BCUT2D eigenvalue weighted by Gasteiger charge is -2.20. The monoisotopic (exact) mass is 355 g/mol. The average molecular weight is 355 g/mol. The molecule has 0 heterocycles. The van der Waals surface area contributed by atoms with E-state index in [1.807, 2.05) is 30.3 Å². The summed E-state index contributed by atoms with van der Waals surface area (Å²) in [6.07, 6.45) is -1.18. The number of carbonyl (C=O) groups excluding carboxylic acids is 3. The van der Waals surface area contributed by atoms with E-state index in [0.29, 0.717) is 5.75 Å². The van der Waals surface area contributed by atoms with E-state index < -0.39 is 23.9 Å². The number of benzene rings is 2.